The maximum Gasteiger partial charge on any atom is 0.131 e. The molecule has 0 bridgehead atoms. The zero-order valence-corrected chi connectivity index (χ0v) is 11.1. The molecule has 88 valence electrons. The predicted octanol–water partition coefficient (Wildman–Crippen LogP) is 4.82. The first kappa shape index (κ1) is 12.4. The van der Waals surface area contributed by atoms with Crippen molar-refractivity contribution in [2.75, 3.05) is 0 Å². The van der Waals surface area contributed by atoms with Crippen LogP contribution in [0.4, 0.5) is 4.39 Å². The Hall–Kier alpha value is -1.06. The molecule has 0 aliphatic rings. The topological polar surface area (TPSA) is 9.23 Å². The summed E-state index contributed by atoms with van der Waals surface area (Å²) in [5.41, 5.74) is 0.484. The lowest BCUT2D eigenvalue weighted by Crippen LogP contribution is -1.98. The van der Waals surface area contributed by atoms with E-state index in [9.17, 15) is 4.39 Å². The summed E-state index contributed by atoms with van der Waals surface area (Å²) in [4.78, 5) is 0. The smallest absolute Gasteiger partial charge is 0.131 e. The van der Waals surface area contributed by atoms with Crippen LogP contribution in [0.2, 0.25) is 5.02 Å². The van der Waals surface area contributed by atoms with Crippen molar-refractivity contribution in [1.29, 1.82) is 0 Å². The summed E-state index contributed by atoms with van der Waals surface area (Å²) >= 11 is 9.00. The molecule has 2 aromatic carbocycles. The Morgan fingerprint density at radius 2 is 1.82 bits per heavy atom. The SMILES string of the molecule is Fc1cc(Cl)ccc1COc1ccc(Br)cc1. The molecule has 0 unspecified atom stereocenters. The summed E-state index contributed by atoms with van der Waals surface area (Å²) in [5.74, 6) is 0.345. The molecule has 0 fully saturated rings. The summed E-state index contributed by atoms with van der Waals surface area (Å²) in [5, 5.41) is 0.384. The van der Waals surface area contributed by atoms with Crippen LogP contribution in [-0.4, -0.2) is 0 Å². The molecule has 0 aliphatic heterocycles. The van der Waals surface area contributed by atoms with Crippen molar-refractivity contribution in [2.45, 2.75) is 6.61 Å². The minimum atomic E-state index is -0.352. The molecule has 1 nitrogen and oxygen atoms in total. The van der Waals surface area contributed by atoms with Gasteiger partial charge in [0, 0.05) is 15.1 Å². The first-order valence-electron chi connectivity index (χ1n) is 4.97. The molecule has 0 amide bonds. The Kier molecular flexibility index (Phi) is 4.02. The summed E-state index contributed by atoms with van der Waals surface area (Å²) in [7, 11) is 0. The third-order valence-corrected chi connectivity index (χ3v) is 2.99. The van der Waals surface area contributed by atoms with E-state index in [1.807, 2.05) is 24.3 Å². The Morgan fingerprint density at radius 3 is 2.47 bits per heavy atom. The largest absolute Gasteiger partial charge is 0.489 e. The number of hydrogen-bond acceptors (Lipinski definition) is 1. The van der Waals surface area contributed by atoms with E-state index in [4.69, 9.17) is 16.3 Å². The second-order valence-electron chi connectivity index (χ2n) is 3.48. The van der Waals surface area contributed by atoms with E-state index >= 15 is 0 Å². The number of rotatable bonds is 3. The van der Waals surface area contributed by atoms with Gasteiger partial charge in [-0.3, -0.25) is 0 Å². The summed E-state index contributed by atoms with van der Waals surface area (Å²) < 4.78 is 19.9. The van der Waals surface area contributed by atoms with E-state index in [0.717, 1.165) is 4.47 Å². The van der Waals surface area contributed by atoms with Crippen LogP contribution in [0.25, 0.3) is 0 Å². The average Bonchev–Trinajstić information content (AvgIpc) is 2.30. The monoisotopic (exact) mass is 314 g/mol. The number of halogens is 3. The molecular weight excluding hydrogens is 306 g/mol. The van der Waals surface area contributed by atoms with E-state index < -0.39 is 0 Å². The van der Waals surface area contributed by atoms with E-state index in [-0.39, 0.29) is 12.4 Å². The van der Waals surface area contributed by atoms with Gasteiger partial charge in [-0.05, 0) is 36.4 Å². The molecule has 0 aromatic heterocycles. The second-order valence-corrected chi connectivity index (χ2v) is 4.83. The van der Waals surface area contributed by atoms with Gasteiger partial charge >= 0.3 is 0 Å². The van der Waals surface area contributed by atoms with Gasteiger partial charge in [-0.1, -0.05) is 33.6 Å². The van der Waals surface area contributed by atoms with Crippen LogP contribution in [0.1, 0.15) is 5.56 Å². The van der Waals surface area contributed by atoms with Crippen LogP contribution >= 0.6 is 27.5 Å². The van der Waals surface area contributed by atoms with Gasteiger partial charge in [0.15, 0.2) is 0 Å². The molecule has 17 heavy (non-hydrogen) atoms. The number of hydrogen-bond donors (Lipinski definition) is 0. The van der Waals surface area contributed by atoms with Crippen LogP contribution < -0.4 is 4.74 Å². The molecule has 0 saturated heterocycles. The van der Waals surface area contributed by atoms with Gasteiger partial charge in [0.05, 0.1) is 0 Å². The molecule has 0 aliphatic carbocycles. The van der Waals surface area contributed by atoms with Gasteiger partial charge in [-0.15, -0.1) is 0 Å². The van der Waals surface area contributed by atoms with Gasteiger partial charge in [-0.25, -0.2) is 4.39 Å². The van der Waals surface area contributed by atoms with E-state index in [1.165, 1.54) is 6.07 Å². The zero-order valence-electron chi connectivity index (χ0n) is 8.79. The molecule has 0 heterocycles. The molecule has 2 rings (SSSR count). The minimum absolute atomic E-state index is 0.185. The van der Waals surface area contributed by atoms with Crippen molar-refractivity contribution in [2.24, 2.45) is 0 Å². The van der Waals surface area contributed by atoms with Gasteiger partial charge in [0.2, 0.25) is 0 Å². The first-order chi connectivity index (χ1) is 8.15. The molecule has 0 spiro atoms. The van der Waals surface area contributed by atoms with Gasteiger partial charge in [0.25, 0.3) is 0 Å². The van der Waals surface area contributed by atoms with Crippen LogP contribution in [0.15, 0.2) is 46.9 Å². The van der Waals surface area contributed by atoms with Crippen LogP contribution in [0, 0.1) is 5.82 Å². The predicted molar refractivity (Wildman–Crippen MR) is 69.9 cm³/mol. The fourth-order valence-corrected chi connectivity index (χ4v) is 1.75. The highest BCUT2D eigenvalue weighted by atomic mass is 79.9. The first-order valence-corrected chi connectivity index (χ1v) is 6.14. The van der Waals surface area contributed by atoms with Crippen molar-refractivity contribution in [3.8, 4) is 5.75 Å². The molecule has 2 aromatic rings. The third kappa shape index (κ3) is 3.45. The van der Waals surface area contributed by atoms with Gasteiger partial charge in [-0.2, -0.15) is 0 Å². The van der Waals surface area contributed by atoms with Crippen LogP contribution in [0.3, 0.4) is 0 Å². The normalized spacial score (nSPS) is 10.3. The second kappa shape index (κ2) is 5.52. The molecule has 0 radical (unpaired) electrons. The fraction of sp³-hybridized carbons (Fsp3) is 0.0769. The van der Waals surface area contributed by atoms with Crippen molar-refractivity contribution in [1.82, 2.24) is 0 Å². The minimum Gasteiger partial charge on any atom is -0.489 e. The lowest BCUT2D eigenvalue weighted by molar-refractivity contribution is 0.300. The van der Waals surface area contributed by atoms with Crippen molar-refractivity contribution >= 4 is 27.5 Å². The molecule has 0 atom stereocenters. The lowest BCUT2D eigenvalue weighted by atomic mass is 10.2. The summed E-state index contributed by atoms with van der Waals surface area (Å²) in [6.07, 6.45) is 0. The Bertz CT molecular complexity index is 513. The maximum absolute atomic E-state index is 13.4. The fourth-order valence-electron chi connectivity index (χ4n) is 1.33. The molecule has 0 N–H and O–H groups in total. The number of benzene rings is 2. The highest BCUT2D eigenvalue weighted by molar-refractivity contribution is 9.10. The Morgan fingerprint density at radius 1 is 1.12 bits per heavy atom. The third-order valence-electron chi connectivity index (χ3n) is 2.22. The highest BCUT2D eigenvalue weighted by Crippen LogP contribution is 2.19. The summed E-state index contributed by atoms with van der Waals surface area (Å²) in [6.45, 7) is 0.185. The van der Waals surface area contributed by atoms with Gasteiger partial charge < -0.3 is 4.74 Å². The standard InChI is InChI=1S/C13H9BrClFO/c14-10-2-5-12(6-3-10)17-8-9-1-4-11(15)7-13(9)16/h1-7H,8H2. The van der Waals surface area contributed by atoms with Crippen LogP contribution in [-0.2, 0) is 6.61 Å². The number of ether oxygens (including phenoxy) is 1. The highest BCUT2D eigenvalue weighted by Gasteiger charge is 2.03. The maximum atomic E-state index is 13.4. The molecule has 4 heteroatoms. The Balaban J connectivity index is 2.04. The van der Waals surface area contributed by atoms with Crippen molar-refractivity contribution < 1.29 is 9.13 Å². The lowest BCUT2D eigenvalue weighted by Gasteiger charge is -2.07. The average molecular weight is 316 g/mol. The van der Waals surface area contributed by atoms with Gasteiger partial charge in [0.1, 0.15) is 18.2 Å². The van der Waals surface area contributed by atoms with Crippen molar-refractivity contribution in [3.05, 3.63) is 63.3 Å². The molecular formula is C13H9BrClFO. The quantitative estimate of drug-likeness (QED) is 0.789. The van der Waals surface area contributed by atoms with E-state index in [1.54, 1.807) is 12.1 Å². The van der Waals surface area contributed by atoms with E-state index in [2.05, 4.69) is 15.9 Å². The van der Waals surface area contributed by atoms with Crippen LogP contribution in [0.5, 0.6) is 5.75 Å². The zero-order chi connectivity index (χ0) is 12.3. The molecule has 0 saturated carbocycles. The Labute approximate surface area is 112 Å². The van der Waals surface area contributed by atoms with Crippen molar-refractivity contribution in [3.63, 3.8) is 0 Å². The summed E-state index contributed by atoms with van der Waals surface area (Å²) in [6, 6.07) is 11.9. The van der Waals surface area contributed by atoms with E-state index in [0.29, 0.717) is 16.3 Å².